The second-order valence-corrected chi connectivity index (χ2v) is 22.4. The zero-order valence-electron chi connectivity index (χ0n) is 50.3. The average molecular weight is 1050 g/mol. The van der Waals surface area contributed by atoms with E-state index in [1.165, 1.54) is 218 Å². The lowest BCUT2D eigenvalue weighted by molar-refractivity contribution is -0.167. The molecule has 0 fully saturated rings. The van der Waals surface area contributed by atoms with Crippen molar-refractivity contribution in [2.45, 2.75) is 361 Å². The van der Waals surface area contributed by atoms with Crippen LogP contribution in [0.2, 0.25) is 0 Å². The largest absolute Gasteiger partial charge is 0.462 e. The normalized spacial score (nSPS) is 12.3. The Kier molecular flexibility index (Phi) is 61.7. The van der Waals surface area contributed by atoms with Crippen molar-refractivity contribution < 1.29 is 28.6 Å². The summed E-state index contributed by atoms with van der Waals surface area (Å²) >= 11 is 0. The Morgan fingerprint density at radius 2 is 0.520 bits per heavy atom. The van der Waals surface area contributed by atoms with Gasteiger partial charge in [0, 0.05) is 19.3 Å². The molecular formula is C69H126O6. The summed E-state index contributed by atoms with van der Waals surface area (Å²) in [6, 6.07) is 0. The number of ether oxygens (including phenoxy) is 3. The van der Waals surface area contributed by atoms with Gasteiger partial charge in [0.15, 0.2) is 6.10 Å². The monoisotopic (exact) mass is 1050 g/mol. The van der Waals surface area contributed by atoms with Crippen molar-refractivity contribution in [1.82, 2.24) is 0 Å². The molecule has 1 unspecified atom stereocenters. The molecule has 0 rings (SSSR count). The van der Waals surface area contributed by atoms with Crippen molar-refractivity contribution >= 4 is 17.9 Å². The molecule has 0 saturated heterocycles. The number of carbonyl (C=O) groups is 3. The van der Waals surface area contributed by atoms with Crippen molar-refractivity contribution in [3.63, 3.8) is 0 Å². The Morgan fingerprint density at radius 1 is 0.280 bits per heavy atom. The van der Waals surface area contributed by atoms with Crippen LogP contribution in [-0.4, -0.2) is 37.2 Å². The van der Waals surface area contributed by atoms with E-state index in [4.69, 9.17) is 14.2 Å². The predicted molar refractivity (Wildman–Crippen MR) is 325 cm³/mol. The molecule has 6 nitrogen and oxygen atoms in total. The molecule has 0 aliphatic rings. The third kappa shape index (κ3) is 62.1. The van der Waals surface area contributed by atoms with Crippen LogP contribution in [0.5, 0.6) is 0 Å². The van der Waals surface area contributed by atoms with Gasteiger partial charge in [0.25, 0.3) is 0 Å². The van der Waals surface area contributed by atoms with Gasteiger partial charge in [-0.3, -0.25) is 14.4 Å². The zero-order chi connectivity index (χ0) is 54.3. The highest BCUT2D eigenvalue weighted by molar-refractivity contribution is 5.71. The molecule has 0 spiro atoms. The van der Waals surface area contributed by atoms with Crippen LogP contribution in [0.4, 0.5) is 0 Å². The van der Waals surface area contributed by atoms with Crippen LogP contribution in [0, 0.1) is 0 Å². The van der Waals surface area contributed by atoms with E-state index >= 15 is 0 Å². The summed E-state index contributed by atoms with van der Waals surface area (Å²) in [5.74, 6) is -0.866. The SMILES string of the molecule is CC/C=C\C/C=C\C/C=C\C/C=C\CCCCCCCCC(=O)OC(COC(=O)CCCCCCCCCCCCCC)COC(=O)CCCCCCCCCCCCCCCCCCCCCCCCCCCC. The van der Waals surface area contributed by atoms with Gasteiger partial charge in [-0.05, 0) is 57.8 Å². The molecule has 0 aliphatic heterocycles. The number of esters is 3. The third-order valence-corrected chi connectivity index (χ3v) is 14.8. The first-order chi connectivity index (χ1) is 37.0. The lowest BCUT2D eigenvalue weighted by Crippen LogP contribution is -2.30. The lowest BCUT2D eigenvalue weighted by atomic mass is 10.0. The van der Waals surface area contributed by atoms with Gasteiger partial charge in [0.1, 0.15) is 13.2 Å². The summed E-state index contributed by atoms with van der Waals surface area (Å²) in [6.45, 7) is 6.57. The van der Waals surface area contributed by atoms with Crippen LogP contribution >= 0.6 is 0 Å². The van der Waals surface area contributed by atoms with E-state index in [-0.39, 0.29) is 31.1 Å². The summed E-state index contributed by atoms with van der Waals surface area (Å²) in [5.41, 5.74) is 0. The Labute approximate surface area is 467 Å². The molecule has 0 aliphatic carbocycles. The van der Waals surface area contributed by atoms with Gasteiger partial charge >= 0.3 is 17.9 Å². The minimum atomic E-state index is -0.778. The second-order valence-electron chi connectivity index (χ2n) is 22.4. The van der Waals surface area contributed by atoms with E-state index in [9.17, 15) is 14.4 Å². The zero-order valence-corrected chi connectivity index (χ0v) is 50.3. The average Bonchev–Trinajstić information content (AvgIpc) is 3.41. The summed E-state index contributed by atoms with van der Waals surface area (Å²) in [4.78, 5) is 38.3. The minimum Gasteiger partial charge on any atom is -0.462 e. The Morgan fingerprint density at radius 3 is 0.813 bits per heavy atom. The van der Waals surface area contributed by atoms with Gasteiger partial charge in [-0.2, -0.15) is 0 Å². The Balaban J connectivity index is 4.23. The predicted octanol–water partition coefficient (Wildman–Crippen LogP) is 22.6. The summed E-state index contributed by atoms with van der Waals surface area (Å²) in [5, 5.41) is 0. The van der Waals surface area contributed by atoms with Crippen molar-refractivity contribution in [2.75, 3.05) is 13.2 Å². The van der Waals surface area contributed by atoms with E-state index in [1.807, 2.05) is 0 Å². The first-order valence-electron chi connectivity index (χ1n) is 33.1. The molecule has 6 heteroatoms. The molecule has 0 aromatic heterocycles. The highest BCUT2D eigenvalue weighted by Gasteiger charge is 2.19. The van der Waals surface area contributed by atoms with Gasteiger partial charge in [0.2, 0.25) is 0 Å². The van der Waals surface area contributed by atoms with Crippen LogP contribution in [0.3, 0.4) is 0 Å². The fourth-order valence-corrected chi connectivity index (χ4v) is 9.91. The maximum atomic E-state index is 12.9. The molecular weight excluding hydrogens is 925 g/mol. The lowest BCUT2D eigenvalue weighted by Gasteiger charge is -2.18. The van der Waals surface area contributed by atoms with E-state index < -0.39 is 6.10 Å². The molecule has 0 amide bonds. The summed E-state index contributed by atoms with van der Waals surface area (Å²) in [7, 11) is 0. The number of allylic oxidation sites excluding steroid dienone is 8. The number of hydrogen-bond acceptors (Lipinski definition) is 6. The first kappa shape index (κ1) is 72.4. The third-order valence-electron chi connectivity index (χ3n) is 14.8. The van der Waals surface area contributed by atoms with Gasteiger partial charge in [-0.1, -0.05) is 326 Å². The molecule has 0 bridgehead atoms. The van der Waals surface area contributed by atoms with E-state index in [2.05, 4.69) is 69.4 Å². The summed E-state index contributed by atoms with van der Waals surface area (Å²) < 4.78 is 16.9. The van der Waals surface area contributed by atoms with Gasteiger partial charge in [-0.15, -0.1) is 0 Å². The fourth-order valence-electron chi connectivity index (χ4n) is 9.91. The molecule has 438 valence electrons. The number of hydrogen-bond donors (Lipinski definition) is 0. The fraction of sp³-hybridized carbons (Fsp3) is 0.841. The second kappa shape index (κ2) is 63.9. The Hall–Kier alpha value is -2.63. The summed E-state index contributed by atoms with van der Waals surface area (Å²) in [6.07, 6.45) is 79.9. The highest BCUT2D eigenvalue weighted by Crippen LogP contribution is 2.18. The number of rotatable bonds is 61. The number of carbonyl (C=O) groups excluding carboxylic acids is 3. The molecule has 0 aromatic rings. The highest BCUT2D eigenvalue weighted by atomic mass is 16.6. The van der Waals surface area contributed by atoms with Crippen molar-refractivity contribution in [1.29, 1.82) is 0 Å². The number of unbranched alkanes of at least 4 members (excludes halogenated alkanes) is 42. The molecule has 75 heavy (non-hydrogen) atoms. The molecule has 0 aromatic carbocycles. The van der Waals surface area contributed by atoms with Crippen molar-refractivity contribution in [3.05, 3.63) is 48.6 Å². The minimum absolute atomic E-state index is 0.0742. The van der Waals surface area contributed by atoms with Crippen molar-refractivity contribution in [2.24, 2.45) is 0 Å². The standard InChI is InChI=1S/C69H126O6/c1-4-7-10-13-16-19-22-25-27-29-31-32-33-34-35-36-37-39-40-42-44-47-50-53-56-59-62-68(71)74-65-66(64-73-67(70)61-58-55-52-49-46-24-21-18-15-12-9-6-3)75-69(72)63-60-57-54-51-48-45-43-41-38-30-28-26-23-20-17-14-11-8-5-2/h8,11,17,20,26,28,38,41,66H,4-7,9-10,12-16,18-19,21-25,27,29-37,39-40,42-65H2,1-3H3/b11-8-,20-17-,28-26-,41-38-. The Bertz CT molecular complexity index is 1300. The van der Waals surface area contributed by atoms with Crippen LogP contribution in [0.15, 0.2) is 48.6 Å². The first-order valence-corrected chi connectivity index (χ1v) is 33.1. The maximum absolute atomic E-state index is 12.9. The molecule has 0 saturated carbocycles. The van der Waals surface area contributed by atoms with Gasteiger partial charge in [0.05, 0.1) is 0 Å². The van der Waals surface area contributed by atoms with Gasteiger partial charge < -0.3 is 14.2 Å². The van der Waals surface area contributed by atoms with Gasteiger partial charge in [-0.25, -0.2) is 0 Å². The van der Waals surface area contributed by atoms with E-state index in [0.29, 0.717) is 19.3 Å². The van der Waals surface area contributed by atoms with Crippen LogP contribution in [0.25, 0.3) is 0 Å². The topological polar surface area (TPSA) is 78.9 Å². The van der Waals surface area contributed by atoms with Crippen LogP contribution in [-0.2, 0) is 28.6 Å². The molecule has 1 atom stereocenters. The van der Waals surface area contributed by atoms with E-state index in [0.717, 1.165) is 96.3 Å². The van der Waals surface area contributed by atoms with Crippen LogP contribution in [0.1, 0.15) is 355 Å². The quantitative estimate of drug-likeness (QED) is 0.0261. The van der Waals surface area contributed by atoms with Crippen molar-refractivity contribution in [3.8, 4) is 0 Å². The molecule has 0 heterocycles. The molecule has 0 N–H and O–H groups in total. The van der Waals surface area contributed by atoms with Crippen LogP contribution < -0.4 is 0 Å². The molecule has 0 radical (unpaired) electrons. The maximum Gasteiger partial charge on any atom is 0.306 e. The van der Waals surface area contributed by atoms with E-state index in [1.54, 1.807) is 0 Å². The smallest absolute Gasteiger partial charge is 0.306 e.